The van der Waals surface area contributed by atoms with E-state index in [0.717, 1.165) is 61.6 Å². The van der Waals surface area contributed by atoms with Crippen molar-refractivity contribution in [3.8, 4) is 11.5 Å². The molecule has 9 heteroatoms. The molecular weight excluding hydrogens is 456 g/mol. The zero-order valence-corrected chi connectivity index (χ0v) is 20.8. The van der Waals surface area contributed by atoms with Crippen LogP contribution in [0, 0.1) is 0 Å². The molecule has 0 radical (unpaired) electrons. The van der Waals surface area contributed by atoms with Crippen LogP contribution in [-0.4, -0.2) is 66.5 Å². The summed E-state index contributed by atoms with van der Waals surface area (Å²) in [6.07, 6.45) is 2.54. The van der Waals surface area contributed by atoms with E-state index in [1.165, 1.54) is 12.5 Å². The Kier molecular flexibility index (Phi) is 6.90. The lowest BCUT2D eigenvalue weighted by Gasteiger charge is -2.35. The van der Waals surface area contributed by atoms with Crippen LogP contribution in [0.3, 0.4) is 0 Å². The zero-order chi connectivity index (χ0) is 25.1. The van der Waals surface area contributed by atoms with Crippen molar-refractivity contribution in [2.24, 2.45) is 0 Å². The number of hydrogen-bond donors (Lipinski definition) is 1. The molecule has 0 saturated carbocycles. The molecule has 0 spiro atoms. The molecule has 0 amide bonds. The molecule has 0 atom stereocenters. The summed E-state index contributed by atoms with van der Waals surface area (Å²) in [6.45, 7) is 4.95. The topological polar surface area (TPSA) is 98.7 Å². The fourth-order valence-corrected chi connectivity index (χ4v) is 4.80. The van der Waals surface area contributed by atoms with Crippen LogP contribution < -0.4 is 25.8 Å². The van der Waals surface area contributed by atoms with Gasteiger partial charge >= 0.3 is 0 Å². The van der Waals surface area contributed by atoms with Crippen LogP contribution >= 0.6 is 0 Å². The van der Waals surface area contributed by atoms with Crippen LogP contribution in [0.25, 0.3) is 21.8 Å². The average molecular weight is 489 g/mol. The molecule has 0 bridgehead atoms. The highest BCUT2D eigenvalue weighted by molar-refractivity contribution is 5.82. The first kappa shape index (κ1) is 23.9. The minimum Gasteiger partial charge on any atom is -0.493 e. The van der Waals surface area contributed by atoms with Gasteiger partial charge in [-0.2, -0.15) is 0 Å². The first-order valence-corrected chi connectivity index (χ1v) is 12.3. The van der Waals surface area contributed by atoms with Gasteiger partial charge < -0.3 is 20.2 Å². The summed E-state index contributed by atoms with van der Waals surface area (Å²) < 4.78 is 11.8. The number of nitrogens with two attached hydrogens (primary N) is 1. The zero-order valence-electron chi connectivity index (χ0n) is 20.8. The summed E-state index contributed by atoms with van der Waals surface area (Å²) in [5.74, 6) is 8.73. The Hall–Kier alpha value is -3.85. The number of anilines is 1. The highest BCUT2D eigenvalue weighted by Gasteiger charge is 2.18. The molecule has 5 rings (SSSR count). The molecular formula is C27H32N6O3. The molecule has 2 aromatic carbocycles. The second-order valence-corrected chi connectivity index (χ2v) is 9.08. The molecule has 3 heterocycles. The van der Waals surface area contributed by atoms with Gasteiger partial charge in [0.15, 0.2) is 11.5 Å². The number of para-hydroxylation sites is 1. The Bertz CT molecular complexity index is 1430. The summed E-state index contributed by atoms with van der Waals surface area (Å²) in [5, 5.41) is 1.58. The van der Waals surface area contributed by atoms with E-state index in [4.69, 9.17) is 20.3 Å². The van der Waals surface area contributed by atoms with Crippen LogP contribution in [-0.2, 0) is 6.42 Å². The van der Waals surface area contributed by atoms with E-state index in [0.29, 0.717) is 34.6 Å². The summed E-state index contributed by atoms with van der Waals surface area (Å²) in [5.41, 5.74) is 1.32. The maximum Gasteiger partial charge on any atom is 0.279 e. The van der Waals surface area contributed by atoms with E-state index in [-0.39, 0.29) is 5.56 Å². The number of nitrogens with zero attached hydrogens (tertiary/aromatic N) is 5. The lowest BCUT2D eigenvalue weighted by atomic mass is 10.1. The van der Waals surface area contributed by atoms with Crippen molar-refractivity contribution in [3.63, 3.8) is 0 Å². The summed E-state index contributed by atoms with van der Waals surface area (Å²) >= 11 is 0. The first-order chi connectivity index (χ1) is 17.6. The second kappa shape index (κ2) is 10.4. The molecule has 9 nitrogen and oxygen atoms in total. The predicted octanol–water partition coefficient (Wildman–Crippen LogP) is 2.82. The lowest BCUT2D eigenvalue weighted by Crippen LogP contribution is -2.46. The quantitative estimate of drug-likeness (QED) is 0.299. The Balaban J connectivity index is 1.15. The van der Waals surface area contributed by atoms with E-state index in [1.54, 1.807) is 19.2 Å². The molecule has 2 aromatic heterocycles. The number of pyridine rings is 1. The number of benzene rings is 2. The number of methoxy groups -OCH3 is 2. The maximum atomic E-state index is 12.8. The Morgan fingerprint density at radius 2 is 1.64 bits per heavy atom. The SMILES string of the molecule is COc1cc2nc(CCCCN3CCN(c4ccc5ccccc5n4)CC3)n(N)c(=O)c2cc1OC. The van der Waals surface area contributed by atoms with E-state index in [1.807, 2.05) is 12.1 Å². The van der Waals surface area contributed by atoms with Gasteiger partial charge in [0, 0.05) is 44.1 Å². The molecule has 1 saturated heterocycles. The van der Waals surface area contributed by atoms with Gasteiger partial charge in [0.1, 0.15) is 11.6 Å². The Labute approximate surface area is 210 Å². The fourth-order valence-electron chi connectivity index (χ4n) is 4.80. The highest BCUT2D eigenvalue weighted by Crippen LogP contribution is 2.30. The summed E-state index contributed by atoms with van der Waals surface area (Å²) in [4.78, 5) is 27.1. The van der Waals surface area contributed by atoms with Crippen LogP contribution in [0.1, 0.15) is 18.7 Å². The molecule has 1 fully saturated rings. The van der Waals surface area contributed by atoms with Crippen LogP contribution in [0.5, 0.6) is 11.5 Å². The minimum absolute atomic E-state index is 0.283. The molecule has 0 aliphatic carbocycles. The molecule has 1 aliphatic rings. The number of fused-ring (bicyclic) bond motifs is 2. The van der Waals surface area contributed by atoms with Crippen LogP contribution in [0.2, 0.25) is 0 Å². The van der Waals surface area contributed by atoms with Crippen molar-refractivity contribution < 1.29 is 9.47 Å². The monoisotopic (exact) mass is 488 g/mol. The normalized spacial score (nSPS) is 14.4. The van der Waals surface area contributed by atoms with Crippen molar-refractivity contribution in [2.75, 3.05) is 57.7 Å². The van der Waals surface area contributed by atoms with Gasteiger partial charge in [-0.05, 0) is 43.7 Å². The maximum absolute atomic E-state index is 12.8. The van der Waals surface area contributed by atoms with E-state index in [9.17, 15) is 4.79 Å². The number of hydrogen-bond acceptors (Lipinski definition) is 8. The van der Waals surface area contributed by atoms with Gasteiger partial charge in [-0.3, -0.25) is 9.69 Å². The number of aromatic nitrogens is 3. The lowest BCUT2D eigenvalue weighted by molar-refractivity contribution is 0.252. The van der Waals surface area contributed by atoms with Crippen molar-refractivity contribution in [1.82, 2.24) is 19.5 Å². The molecule has 36 heavy (non-hydrogen) atoms. The van der Waals surface area contributed by atoms with E-state index < -0.39 is 0 Å². The number of nitrogen functional groups attached to an aromatic ring is 1. The smallest absolute Gasteiger partial charge is 0.279 e. The number of aryl methyl sites for hydroxylation is 1. The number of rotatable bonds is 8. The van der Waals surface area contributed by atoms with Crippen LogP contribution in [0.15, 0.2) is 53.3 Å². The Morgan fingerprint density at radius 1 is 0.889 bits per heavy atom. The summed E-state index contributed by atoms with van der Waals surface area (Å²) in [7, 11) is 3.10. The van der Waals surface area contributed by atoms with Crippen molar-refractivity contribution in [2.45, 2.75) is 19.3 Å². The van der Waals surface area contributed by atoms with Gasteiger partial charge in [-0.15, -0.1) is 0 Å². The number of piperazine rings is 1. The molecule has 2 N–H and O–H groups in total. The van der Waals surface area contributed by atoms with Crippen molar-refractivity contribution in [3.05, 3.63) is 64.7 Å². The van der Waals surface area contributed by atoms with Gasteiger partial charge in [-0.1, -0.05) is 18.2 Å². The minimum atomic E-state index is -0.283. The number of unbranched alkanes of at least 4 members (excludes halogenated alkanes) is 1. The molecule has 0 unspecified atom stereocenters. The van der Waals surface area contributed by atoms with Gasteiger partial charge in [-0.25, -0.2) is 14.6 Å². The second-order valence-electron chi connectivity index (χ2n) is 9.08. The fraction of sp³-hybridized carbons (Fsp3) is 0.370. The van der Waals surface area contributed by atoms with Crippen molar-refractivity contribution in [1.29, 1.82) is 0 Å². The molecule has 4 aromatic rings. The van der Waals surface area contributed by atoms with Crippen molar-refractivity contribution >= 4 is 27.6 Å². The molecule has 188 valence electrons. The first-order valence-electron chi connectivity index (χ1n) is 12.3. The third-order valence-electron chi connectivity index (χ3n) is 6.88. The van der Waals surface area contributed by atoms with Gasteiger partial charge in [0.05, 0.1) is 30.6 Å². The largest absolute Gasteiger partial charge is 0.493 e. The predicted molar refractivity (Wildman–Crippen MR) is 143 cm³/mol. The Morgan fingerprint density at radius 3 is 2.42 bits per heavy atom. The average Bonchev–Trinajstić information content (AvgIpc) is 2.93. The highest BCUT2D eigenvalue weighted by atomic mass is 16.5. The van der Waals surface area contributed by atoms with Gasteiger partial charge in [0.25, 0.3) is 5.56 Å². The summed E-state index contributed by atoms with van der Waals surface area (Å²) in [6, 6.07) is 15.8. The third kappa shape index (κ3) is 4.79. The molecule has 1 aliphatic heterocycles. The van der Waals surface area contributed by atoms with E-state index in [2.05, 4.69) is 39.0 Å². The van der Waals surface area contributed by atoms with Crippen LogP contribution in [0.4, 0.5) is 5.82 Å². The van der Waals surface area contributed by atoms with E-state index >= 15 is 0 Å². The number of ether oxygens (including phenoxy) is 2. The van der Waals surface area contributed by atoms with Gasteiger partial charge in [0.2, 0.25) is 0 Å². The third-order valence-corrected chi connectivity index (χ3v) is 6.88. The standard InChI is InChI=1S/C27H32N6O3/c1-35-23-17-20-22(18-24(23)36-2)30-26(33(28)27(20)34)9-5-6-12-31-13-15-32(16-14-31)25-11-10-19-7-3-4-8-21(19)29-25/h3-4,7-8,10-11,17-18H,5-6,9,12-16,28H2,1-2H3.